The van der Waals surface area contributed by atoms with E-state index in [-0.39, 0.29) is 0 Å². The SMILES string of the molecule is Clc1cccc(Cl)c1N=NNc1ccccc1I. The molecule has 0 unspecified atom stereocenters. The molecule has 0 radical (unpaired) electrons. The predicted molar refractivity (Wildman–Crippen MR) is 83.8 cm³/mol. The first-order valence-electron chi connectivity index (χ1n) is 5.04. The third kappa shape index (κ3) is 3.34. The van der Waals surface area contributed by atoms with E-state index in [1.54, 1.807) is 18.2 Å². The molecule has 0 saturated carbocycles. The highest BCUT2D eigenvalue weighted by Crippen LogP contribution is 2.32. The molecule has 18 heavy (non-hydrogen) atoms. The van der Waals surface area contributed by atoms with Crippen molar-refractivity contribution in [3.63, 3.8) is 0 Å². The molecule has 0 aliphatic heterocycles. The summed E-state index contributed by atoms with van der Waals surface area (Å²) in [5, 5.41) is 8.82. The van der Waals surface area contributed by atoms with E-state index in [0.29, 0.717) is 15.7 Å². The van der Waals surface area contributed by atoms with Crippen molar-refractivity contribution in [1.29, 1.82) is 0 Å². The van der Waals surface area contributed by atoms with Gasteiger partial charge in [0, 0.05) is 3.57 Å². The lowest BCUT2D eigenvalue weighted by molar-refractivity contribution is 1.13. The highest BCUT2D eigenvalue weighted by Gasteiger charge is 2.03. The largest absolute Gasteiger partial charge is 0.259 e. The Morgan fingerprint density at radius 3 is 2.28 bits per heavy atom. The molecule has 3 nitrogen and oxygen atoms in total. The van der Waals surface area contributed by atoms with Gasteiger partial charge in [0.15, 0.2) is 0 Å². The summed E-state index contributed by atoms with van der Waals surface area (Å²) >= 11 is 14.2. The quantitative estimate of drug-likeness (QED) is 0.406. The number of nitrogens with one attached hydrogen (secondary N) is 1. The second kappa shape index (κ2) is 6.36. The summed E-state index contributed by atoms with van der Waals surface area (Å²) in [6.45, 7) is 0. The fourth-order valence-corrected chi connectivity index (χ4v) is 2.25. The Balaban J connectivity index is 2.15. The summed E-state index contributed by atoms with van der Waals surface area (Å²) in [4.78, 5) is 0. The molecule has 0 amide bonds. The lowest BCUT2D eigenvalue weighted by Gasteiger charge is -2.02. The van der Waals surface area contributed by atoms with Crippen LogP contribution in [0, 0.1) is 3.57 Å². The number of hydrogen-bond acceptors (Lipinski definition) is 2. The Morgan fingerprint density at radius 1 is 0.944 bits per heavy atom. The second-order valence-corrected chi connectivity index (χ2v) is 5.34. The van der Waals surface area contributed by atoms with Gasteiger partial charge in [-0.1, -0.05) is 46.6 Å². The number of hydrogen-bond donors (Lipinski definition) is 1. The van der Waals surface area contributed by atoms with Crippen molar-refractivity contribution in [3.05, 3.63) is 56.1 Å². The lowest BCUT2D eigenvalue weighted by Crippen LogP contribution is -1.89. The molecule has 0 fully saturated rings. The maximum atomic E-state index is 5.98. The van der Waals surface area contributed by atoms with Crippen molar-refractivity contribution in [2.24, 2.45) is 10.3 Å². The maximum Gasteiger partial charge on any atom is 0.125 e. The molecule has 0 aromatic heterocycles. The highest BCUT2D eigenvalue weighted by molar-refractivity contribution is 14.1. The van der Waals surface area contributed by atoms with Crippen LogP contribution < -0.4 is 5.43 Å². The van der Waals surface area contributed by atoms with E-state index in [1.165, 1.54) is 0 Å². The molecule has 2 rings (SSSR count). The molecule has 0 spiro atoms. The van der Waals surface area contributed by atoms with Crippen LogP contribution in [0.5, 0.6) is 0 Å². The monoisotopic (exact) mass is 391 g/mol. The van der Waals surface area contributed by atoms with Crippen molar-refractivity contribution in [3.8, 4) is 0 Å². The molecular weight excluding hydrogens is 384 g/mol. The molecule has 0 bridgehead atoms. The summed E-state index contributed by atoms with van der Waals surface area (Å²) in [6, 6.07) is 13.0. The number of anilines is 1. The zero-order valence-electron chi connectivity index (χ0n) is 9.07. The van der Waals surface area contributed by atoms with E-state index in [2.05, 4.69) is 38.4 Å². The third-order valence-corrected chi connectivity index (χ3v) is 3.68. The van der Waals surface area contributed by atoms with Crippen molar-refractivity contribution in [1.82, 2.24) is 0 Å². The van der Waals surface area contributed by atoms with E-state index in [0.717, 1.165) is 9.26 Å². The minimum absolute atomic E-state index is 0.458. The minimum atomic E-state index is 0.458. The molecule has 0 atom stereocenters. The van der Waals surface area contributed by atoms with Gasteiger partial charge in [-0.3, -0.25) is 5.43 Å². The van der Waals surface area contributed by atoms with Crippen LogP contribution in [0.25, 0.3) is 0 Å². The molecule has 1 N–H and O–H groups in total. The lowest BCUT2D eigenvalue weighted by atomic mass is 10.3. The first-order chi connectivity index (χ1) is 8.68. The van der Waals surface area contributed by atoms with Crippen LogP contribution >= 0.6 is 45.8 Å². The number of para-hydroxylation sites is 1. The van der Waals surface area contributed by atoms with E-state index in [4.69, 9.17) is 23.2 Å². The Hall–Kier alpha value is -0.850. The van der Waals surface area contributed by atoms with Crippen molar-refractivity contribution in [2.45, 2.75) is 0 Å². The van der Waals surface area contributed by atoms with Crippen molar-refractivity contribution < 1.29 is 0 Å². The molecule has 0 aliphatic carbocycles. The maximum absolute atomic E-state index is 5.98. The summed E-state index contributed by atoms with van der Waals surface area (Å²) in [6.07, 6.45) is 0. The van der Waals surface area contributed by atoms with Gasteiger partial charge >= 0.3 is 0 Å². The molecular formula is C12H8Cl2IN3. The first kappa shape index (κ1) is 13.6. The van der Waals surface area contributed by atoms with Gasteiger partial charge < -0.3 is 0 Å². The molecule has 92 valence electrons. The van der Waals surface area contributed by atoms with Crippen LogP contribution in [0.4, 0.5) is 11.4 Å². The van der Waals surface area contributed by atoms with E-state index in [1.807, 2.05) is 24.3 Å². The molecule has 6 heteroatoms. The Bertz CT molecular complexity index is 567. The summed E-state index contributed by atoms with van der Waals surface area (Å²) in [5.41, 5.74) is 4.19. The molecule has 2 aromatic rings. The van der Waals surface area contributed by atoms with E-state index >= 15 is 0 Å². The average Bonchev–Trinajstić information content (AvgIpc) is 2.35. The second-order valence-electron chi connectivity index (χ2n) is 3.36. The van der Waals surface area contributed by atoms with E-state index < -0.39 is 0 Å². The Kier molecular flexibility index (Phi) is 4.79. The number of benzene rings is 2. The van der Waals surface area contributed by atoms with Crippen LogP contribution in [-0.4, -0.2) is 0 Å². The highest BCUT2D eigenvalue weighted by atomic mass is 127. The molecule has 0 saturated heterocycles. The molecule has 2 aromatic carbocycles. The fraction of sp³-hybridized carbons (Fsp3) is 0. The average molecular weight is 392 g/mol. The van der Waals surface area contributed by atoms with Crippen molar-refractivity contribution in [2.75, 3.05) is 5.43 Å². The number of nitrogens with zero attached hydrogens (tertiary/aromatic N) is 2. The predicted octanol–water partition coefficient (Wildman–Crippen LogP) is 5.71. The Morgan fingerprint density at radius 2 is 1.61 bits per heavy atom. The smallest absolute Gasteiger partial charge is 0.125 e. The van der Waals surface area contributed by atoms with Crippen LogP contribution in [0.1, 0.15) is 0 Å². The standard InChI is InChI=1S/C12H8Cl2IN3/c13-8-4-3-5-9(14)12(8)17-18-16-11-7-2-1-6-10(11)15/h1-7H,(H,16,17). The number of rotatable bonds is 3. The van der Waals surface area contributed by atoms with Gasteiger partial charge in [0.05, 0.1) is 15.7 Å². The summed E-state index contributed by atoms with van der Waals surface area (Å²) in [7, 11) is 0. The minimum Gasteiger partial charge on any atom is -0.259 e. The molecule has 0 heterocycles. The van der Waals surface area contributed by atoms with Gasteiger partial charge in [-0.25, -0.2) is 0 Å². The topological polar surface area (TPSA) is 36.8 Å². The zero-order chi connectivity index (χ0) is 13.0. The van der Waals surface area contributed by atoms with Crippen molar-refractivity contribution >= 4 is 57.2 Å². The van der Waals surface area contributed by atoms with Crippen LogP contribution in [-0.2, 0) is 0 Å². The van der Waals surface area contributed by atoms with Crippen LogP contribution in [0.3, 0.4) is 0 Å². The van der Waals surface area contributed by atoms with E-state index in [9.17, 15) is 0 Å². The van der Waals surface area contributed by atoms with Gasteiger partial charge in [-0.2, -0.15) is 0 Å². The molecule has 0 aliphatic rings. The van der Waals surface area contributed by atoms with Gasteiger partial charge in [0.1, 0.15) is 5.69 Å². The summed E-state index contributed by atoms with van der Waals surface area (Å²) in [5.74, 6) is 0. The normalized spacial score (nSPS) is 10.8. The van der Waals surface area contributed by atoms with Gasteiger partial charge in [-0.05, 0) is 46.9 Å². The Labute approximate surface area is 128 Å². The number of halogens is 3. The van der Waals surface area contributed by atoms with Gasteiger partial charge in [0.2, 0.25) is 0 Å². The third-order valence-electron chi connectivity index (χ3n) is 2.13. The summed E-state index contributed by atoms with van der Waals surface area (Å²) < 4.78 is 1.05. The first-order valence-corrected chi connectivity index (χ1v) is 6.87. The van der Waals surface area contributed by atoms with Crippen LogP contribution in [0.2, 0.25) is 10.0 Å². The van der Waals surface area contributed by atoms with Gasteiger partial charge in [-0.15, -0.1) is 5.11 Å². The van der Waals surface area contributed by atoms with Crippen LogP contribution in [0.15, 0.2) is 52.8 Å². The van der Waals surface area contributed by atoms with Gasteiger partial charge in [0.25, 0.3) is 0 Å². The zero-order valence-corrected chi connectivity index (χ0v) is 12.7. The fourth-order valence-electron chi connectivity index (χ4n) is 1.27.